The predicted octanol–water partition coefficient (Wildman–Crippen LogP) is -0.427. The van der Waals surface area contributed by atoms with Crippen LogP contribution in [0.1, 0.15) is 43.5 Å². The fourth-order valence-corrected chi connectivity index (χ4v) is 4.66. The summed E-state index contributed by atoms with van der Waals surface area (Å²) in [4.78, 5) is 44.6. The molecule has 0 fully saturated rings. The van der Waals surface area contributed by atoms with Gasteiger partial charge >= 0.3 is 13.3 Å². The lowest BCUT2D eigenvalue weighted by Gasteiger charge is -2.23. The second-order valence-electron chi connectivity index (χ2n) is 10.7. The first kappa shape index (κ1) is 33.9. The third-order valence-electron chi connectivity index (χ3n) is 6.94. The highest BCUT2D eigenvalue weighted by Crippen LogP contribution is 2.30. The van der Waals surface area contributed by atoms with Crippen LogP contribution in [0.5, 0.6) is 0 Å². The number of benzene rings is 1. The highest BCUT2D eigenvalue weighted by molar-refractivity contribution is 6.62. The molecular formula is C27H37BF3N7O5. The molecule has 1 aliphatic rings. The fourth-order valence-electron chi connectivity index (χ4n) is 4.66. The Labute approximate surface area is 247 Å². The summed E-state index contributed by atoms with van der Waals surface area (Å²) < 4.78 is 44.6. The number of anilines is 1. The van der Waals surface area contributed by atoms with E-state index in [-0.39, 0.29) is 43.9 Å². The van der Waals surface area contributed by atoms with E-state index in [2.05, 4.69) is 15.6 Å². The number of hydrogen-bond donors (Lipinski definition) is 6. The van der Waals surface area contributed by atoms with Crippen LogP contribution in [0.4, 0.5) is 18.9 Å². The van der Waals surface area contributed by atoms with Gasteiger partial charge in [0.25, 0.3) is 0 Å². The van der Waals surface area contributed by atoms with Crippen molar-refractivity contribution in [2.75, 3.05) is 31.5 Å². The van der Waals surface area contributed by atoms with E-state index < -0.39 is 48.4 Å². The highest BCUT2D eigenvalue weighted by Gasteiger charge is 2.42. The lowest BCUT2D eigenvalue weighted by Crippen LogP contribution is -2.51. The van der Waals surface area contributed by atoms with Crippen molar-refractivity contribution in [3.8, 4) is 0 Å². The van der Waals surface area contributed by atoms with Gasteiger partial charge in [-0.1, -0.05) is 12.1 Å². The first-order valence-electron chi connectivity index (χ1n) is 13.7. The van der Waals surface area contributed by atoms with Crippen molar-refractivity contribution in [1.82, 2.24) is 15.2 Å². The zero-order valence-corrected chi connectivity index (χ0v) is 24.0. The van der Waals surface area contributed by atoms with Crippen molar-refractivity contribution in [2.24, 2.45) is 17.2 Å². The van der Waals surface area contributed by atoms with E-state index >= 15 is 0 Å². The van der Waals surface area contributed by atoms with Gasteiger partial charge in [-0.25, -0.2) is 0 Å². The van der Waals surface area contributed by atoms with Crippen LogP contribution in [-0.4, -0.2) is 78.0 Å². The van der Waals surface area contributed by atoms with Crippen molar-refractivity contribution in [1.29, 1.82) is 0 Å². The van der Waals surface area contributed by atoms with Gasteiger partial charge in [-0.15, -0.1) is 0 Å². The summed E-state index contributed by atoms with van der Waals surface area (Å²) >= 11 is 0. The third kappa shape index (κ3) is 8.97. The molecule has 0 aliphatic carbocycles. The molecule has 43 heavy (non-hydrogen) atoms. The number of aromatic nitrogens is 1. The summed E-state index contributed by atoms with van der Waals surface area (Å²) in [6.07, 6.45) is -3.44. The van der Waals surface area contributed by atoms with Gasteiger partial charge < -0.3 is 42.4 Å². The molecule has 1 aliphatic heterocycles. The number of alkyl halides is 3. The molecule has 0 bridgehead atoms. The number of carbonyl (C=O) groups is 3. The van der Waals surface area contributed by atoms with Crippen LogP contribution in [0.15, 0.2) is 36.5 Å². The third-order valence-corrected chi connectivity index (χ3v) is 6.94. The van der Waals surface area contributed by atoms with Gasteiger partial charge in [-0.3, -0.25) is 19.4 Å². The number of halogens is 3. The Balaban J connectivity index is 1.75. The van der Waals surface area contributed by atoms with Gasteiger partial charge in [-0.2, -0.15) is 13.2 Å². The van der Waals surface area contributed by atoms with Gasteiger partial charge in [0.15, 0.2) is 0 Å². The number of amides is 3. The summed E-state index contributed by atoms with van der Waals surface area (Å²) in [5, 5.41) is 15.4. The normalized spacial score (nSPS) is 15.4. The average Bonchev–Trinajstić information content (AvgIpc) is 3.17. The fraction of sp³-hybridized carbons (Fsp3) is 0.481. The van der Waals surface area contributed by atoms with E-state index in [1.54, 1.807) is 13.8 Å². The monoisotopic (exact) mass is 607 g/mol. The van der Waals surface area contributed by atoms with Crippen LogP contribution in [0.25, 0.3) is 0 Å². The van der Waals surface area contributed by atoms with E-state index in [0.29, 0.717) is 29.8 Å². The predicted molar refractivity (Wildman–Crippen MR) is 154 cm³/mol. The van der Waals surface area contributed by atoms with Crippen molar-refractivity contribution in [3.05, 3.63) is 53.3 Å². The Morgan fingerprint density at radius 2 is 1.74 bits per heavy atom. The summed E-state index contributed by atoms with van der Waals surface area (Å²) in [6.45, 7) is 4.53. The van der Waals surface area contributed by atoms with Gasteiger partial charge in [0.1, 0.15) is 6.04 Å². The quantitative estimate of drug-likeness (QED) is 0.164. The number of pyridine rings is 1. The topological polar surface area (TPSA) is 199 Å². The molecule has 16 heteroatoms. The maximum Gasteiger partial charge on any atom is 0.493 e. The summed E-state index contributed by atoms with van der Waals surface area (Å²) in [5.41, 5.74) is 16.8. The van der Waals surface area contributed by atoms with Crippen LogP contribution in [0, 0.1) is 0 Å². The van der Waals surface area contributed by atoms with E-state index in [4.69, 9.17) is 21.9 Å². The maximum atomic E-state index is 13.4. The second kappa shape index (κ2) is 14.3. The number of carbonyl (C=O) groups excluding carboxylic acids is 3. The molecule has 2 aromatic rings. The minimum atomic E-state index is -4.54. The number of hydrogen-bond acceptors (Lipinski definition) is 9. The molecule has 12 nitrogen and oxygen atoms in total. The van der Waals surface area contributed by atoms with Gasteiger partial charge in [-0.05, 0) is 44.0 Å². The van der Waals surface area contributed by atoms with E-state index in [9.17, 15) is 32.6 Å². The van der Waals surface area contributed by atoms with Crippen molar-refractivity contribution in [2.45, 2.75) is 57.0 Å². The molecule has 0 radical (unpaired) electrons. The molecular weight excluding hydrogens is 570 g/mol. The van der Waals surface area contributed by atoms with Crippen LogP contribution in [0.3, 0.4) is 0 Å². The molecule has 0 saturated carbocycles. The van der Waals surface area contributed by atoms with Crippen molar-refractivity contribution in [3.63, 3.8) is 0 Å². The van der Waals surface area contributed by atoms with Crippen molar-refractivity contribution < 1.29 is 37.2 Å². The lowest BCUT2D eigenvalue weighted by atomic mass is 9.80. The molecule has 2 heterocycles. The number of nitrogens with zero attached hydrogens (tertiary/aromatic N) is 2. The number of fused-ring (bicyclic) bond motifs is 1. The van der Waals surface area contributed by atoms with E-state index in [1.165, 1.54) is 29.3 Å². The smallest absolute Gasteiger partial charge is 0.423 e. The molecule has 9 N–H and O–H groups in total. The second-order valence-corrected chi connectivity index (χ2v) is 10.7. The van der Waals surface area contributed by atoms with Gasteiger partial charge in [0, 0.05) is 44.5 Å². The van der Waals surface area contributed by atoms with E-state index in [1.807, 2.05) is 0 Å². The number of rotatable bonds is 13. The number of nitrogens with one attached hydrogen (secondary N) is 2. The summed E-state index contributed by atoms with van der Waals surface area (Å²) in [7, 11) is -1.26. The number of nitrogens with two attached hydrogens (primary N) is 3. The first-order chi connectivity index (χ1) is 20.2. The molecule has 3 amide bonds. The maximum absolute atomic E-state index is 13.4. The Kier molecular flexibility index (Phi) is 11.3. The summed E-state index contributed by atoms with van der Waals surface area (Å²) in [5.74, 6) is -1.72. The zero-order valence-electron chi connectivity index (χ0n) is 24.0. The van der Waals surface area contributed by atoms with Crippen LogP contribution < -0.4 is 33.3 Å². The Morgan fingerprint density at radius 1 is 1.12 bits per heavy atom. The zero-order chi connectivity index (χ0) is 31.9. The molecule has 0 saturated heterocycles. The SMILES string of the molecule is CC1(C)OB(O)c2cc(NC(=O)C(Cc3ccc(C(F)(F)F)cc3)NC(=O)C(N)CCC(=O)N(CCN)CCN)cnc21. The van der Waals surface area contributed by atoms with Crippen molar-refractivity contribution >= 4 is 36.0 Å². The molecule has 2 unspecified atom stereocenters. The first-order valence-corrected chi connectivity index (χ1v) is 13.7. The Hall–Kier alpha value is -3.57. The van der Waals surface area contributed by atoms with Crippen LogP contribution in [0.2, 0.25) is 0 Å². The minimum absolute atomic E-state index is 0.0344. The van der Waals surface area contributed by atoms with Gasteiger partial charge in [0.05, 0.1) is 34.8 Å². The Morgan fingerprint density at radius 3 is 2.33 bits per heavy atom. The molecule has 3 rings (SSSR count). The molecule has 1 aromatic carbocycles. The molecule has 0 spiro atoms. The molecule has 1 aromatic heterocycles. The highest BCUT2D eigenvalue weighted by atomic mass is 19.4. The van der Waals surface area contributed by atoms with Crippen LogP contribution in [-0.2, 0) is 37.2 Å². The van der Waals surface area contributed by atoms with E-state index in [0.717, 1.165) is 12.1 Å². The van der Waals surface area contributed by atoms with Gasteiger partial charge in [0.2, 0.25) is 17.7 Å². The summed E-state index contributed by atoms with van der Waals surface area (Å²) in [6, 6.07) is 3.25. The van der Waals surface area contributed by atoms with Crippen LogP contribution >= 0.6 is 0 Å². The average molecular weight is 607 g/mol. The lowest BCUT2D eigenvalue weighted by molar-refractivity contribution is -0.137. The standard InChI is InChI=1S/C27H37BF3N7O5/c1-26(2)23-19(28(42)43-26)14-18(15-35-23)36-25(41)21(13-16-3-5-17(6-4-16)27(29,30)31)37-24(40)20(34)7-8-22(39)38(11-9-32)12-10-33/h3-6,14-15,20-21,42H,7-13,32-34H2,1-2H3,(H,36,41)(H,37,40). The Bertz CT molecular complexity index is 1290. The largest absolute Gasteiger partial charge is 0.493 e. The molecule has 234 valence electrons. The molecule has 2 atom stereocenters. The minimum Gasteiger partial charge on any atom is -0.423 e.